The van der Waals surface area contributed by atoms with Crippen molar-refractivity contribution in [2.45, 2.75) is 51.4 Å². The molecule has 0 aliphatic carbocycles. The Bertz CT molecular complexity index is 767. The molecule has 1 aliphatic rings. The van der Waals surface area contributed by atoms with Gasteiger partial charge in [0, 0.05) is 24.3 Å². The number of likely N-dealkylation sites (tertiary alicyclic amines) is 1. The molecule has 3 rings (SSSR count). The summed E-state index contributed by atoms with van der Waals surface area (Å²) in [7, 11) is 0. The van der Waals surface area contributed by atoms with E-state index in [1.807, 2.05) is 63.2 Å². The molecule has 5 nitrogen and oxygen atoms in total. The Morgan fingerprint density at radius 2 is 1.82 bits per heavy atom. The maximum Gasteiger partial charge on any atom is 0.410 e. The fourth-order valence-corrected chi connectivity index (χ4v) is 3.31. The second kappa shape index (κ2) is 8.93. The monoisotopic (exact) mass is 402 g/mol. The number of hydrogen-bond acceptors (Lipinski definition) is 4. The fourth-order valence-electron chi connectivity index (χ4n) is 3.18. The van der Waals surface area contributed by atoms with E-state index in [4.69, 9.17) is 21.1 Å². The highest BCUT2D eigenvalue weighted by Gasteiger charge is 2.29. The molecule has 1 amide bonds. The average molecular weight is 403 g/mol. The van der Waals surface area contributed by atoms with Crippen molar-refractivity contribution in [2.24, 2.45) is 0 Å². The van der Waals surface area contributed by atoms with Gasteiger partial charge in [-0.15, -0.1) is 0 Å². The van der Waals surface area contributed by atoms with Gasteiger partial charge in [-0.2, -0.15) is 0 Å². The molecule has 1 saturated heterocycles. The van der Waals surface area contributed by atoms with E-state index in [9.17, 15) is 4.79 Å². The Balaban J connectivity index is 1.66. The number of carbonyl (C=O) groups excluding carboxylic acids is 1. The minimum atomic E-state index is -0.483. The molecule has 0 radical (unpaired) electrons. The van der Waals surface area contributed by atoms with Crippen LogP contribution in [0.3, 0.4) is 0 Å². The van der Waals surface area contributed by atoms with Crippen molar-refractivity contribution in [2.75, 3.05) is 13.1 Å². The number of carbonyl (C=O) groups is 1. The highest BCUT2D eigenvalue weighted by molar-refractivity contribution is 6.30. The lowest BCUT2D eigenvalue weighted by atomic mass is 10.0. The zero-order valence-corrected chi connectivity index (χ0v) is 17.4. The summed E-state index contributed by atoms with van der Waals surface area (Å²) in [4.78, 5) is 18.5. The molecule has 0 bridgehead atoms. The second-order valence-electron chi connectivity index (χ2n) is 7.99. The number of aromatic nitrogens is 1. The molecule has 1 aromatic carbocycles. The Kier molecular flexibility index (Phi) is 6.57. The van der Waals surface area contributed by atoms with Crippen LogP contribution < -0.4 is 0 Å². The molecular formula is C22H27ClN2O3. The summed E-state index contributed by atoms with van der Waals surface area (Å²) in [6, 6.07) is 13.5. The van der Waals surface area contributed by atoms with E-state index in [0.717, 1.165) is 24.1 Å². The summed E-state index contributed by atoms with van der Waals surface area (Å²) in [6.45, 7) is 6.88. The van der Waals surface area contributed by atoms with E-state index in [-0.39, 0.29) is 18.3 Å². The van der Waals surface area contributed by atoms with E-state index in [2.05, 4.69) is 4.98 Å². The van der Waals surface area contributed by atoms with Crippen LogP contribution in [-0.2, 0) is 9.47 Å². The average Bonchev–Trinajstić information content (AvgIpc) is 2.67. The zero-order chi connectivity index (χ0) is 20.1. The zero-order valence-electron chi connectivity index (χ0n) is 16.6. The van der Waals surface area contributed by atoms with Crippen LogP contribution in [-0.4, -0.2) is 40.8 Å². The van der Waals surface area contributed by atoms with Crippen molar-refractivity contribution in [3.05, 3.63) is 64.9 Å². The third-order valence-electron chi connectivity index (χ3n) is 4.55. The number of amides is 1. The smallest absolute Gasteiger partial charge is 0.410 e. The van der Waals surface area contributed by atoms with Crippen LogP contribution in [0.4, 0.5) is 4.79 Å². The maximum atomic E-state index is 12.3. The van der Waals surface area contributed by atoms with Crippen molar-refractivity contribution >= 4 is 17.7 Å². The van der Waals surface area contributed by atoms with Crippen LogP contribution in [0.2, 0.25) is 5.02 Å². The van der Waals surface area contributed by atoms with Gasteiger partial charge in [-0.05, 0) is 63.4 Å². The predicted octanol–water partition coefficient (Wildman–Crippen LogP) is 5.24. The van der Waals surface area contributed by atoms with Crippen LogP contribution in [0, 0.1) is 0 Å². The third kappa shape index (κ3) is 5.69. The third-order valence-corrected chi connectivity index (χ3v) is 4.80. The molecule has 28 heavy (non-hydrogen) atoms. The summed E-state index contributed by atoms with van der Waals surface area (Å²) in [5.74, 6) is 0. The van der Waals surface area contributed by atoms with Gasteiger partial charge < -0.3 is 14.4 Å². The first-order valence-electron chi connectivity index (χ1n) is 9.61. The lowest BCUT2D eigenvalue weighted by Crippen LogP contribution is -2.43. The van der Waals surface area contributed by atoms with Crippen LogP contribution in [0.15, 0.2) is 48.7 Å². The normalized spacial score (nSPS) is 16.6. The Labute approximate surface area is 171 Å². The number of benzene rings is 1. The lowest BCUT2D eigenvalue weighted by molar-refractivity contribution is -0.0350. The molecule has 1 aliphatic heterocycles. The first-order chi connectivity index (χ1) is 13.3. The van der Waals surface area contributed by atoms with Gasteiger partial charge in [0.05, 0.1) is 11.8 Å². The number of hydrogen-bond donors (Lipinski definition) is 0. The number of nitrogens with zero attached hydrogens (tertiary/aromatic N) is 2. The standard InChI is InChI=1S/C22H27ClN2O3/c1-22(2,3)28-21(26)25-14-11-18(12-15-25)27-20(19-6-4-5-13-24-19)16-7-9-17(23)10-8-16/h4-10,13,18,20H,11-12,14-15H2,1-3H3/t20-/m1/s1. The molecule has 1 aromatic heterocycles. The van der Waals surface area contributed by atoms with Crippen molar-refractivity contribution in [3.8, 4) is 0 Å². The summed E-state index contributed by atoms with van der Waals surface area (Å²) in [5, 5.41) is 0.689. The minimum absolute atomic E-state index is 0.0429. The van der Waals surface area contributed by atoms with Crippen LogP contribution in [0.1, 0.15) is 51.0 Å². The number of piperidine rings is 1. The van der Waals surface area contributed by atoms with Gasteiger partial charge in [0.1, 0.15) is 11.7 Å². The van der Waals surface area contributed by atoms with E-state index >= 15 is 0 Å². The predicted molar refractivity (Wildman–Crippen MR) is 109 cm³/mol. The van der Waals surface area contributed by atoms with E-state index in [1.165, 1.54) is 0 Å². The van der Waals surface area contributed by atoms with Gasteiger partial charge in [0.2, 0.25) is 0 Å². The lowest BCUT2D eigenvalue weighted by Gasteiger charge is -2.34. The second-order valence-corrected chi connectivity index (χ2v) is 8.43. The number of rotatable bonds is 4. The van der Waals surface area contributed by atoms with Crippen molar-refractivity contribution in [1.82, 2.24) is 9.88 Å². The summed E-state index contributed by atoms with van der Waals surface area (Å²) in [6.07, 6.45) is 2.81. The molecule has 0 N–H and O–H groups in total. The van der Waals surface area contributed by atoms with E-state index < -0.39 is 5.60 Å². The van der Waals surface area contributed by atoms with Gasteiger partial charge in [-0.25, -0.2) is 4.79 Å². The van der Waals surface area contributed by atoms with E-state index in [0.29, 0.717) is 18.1 Å². The quantitative estimate of drug-likeness (QED) is 0.701. The van der Waals surface area contributed by atoms with Crippen molar-refractivity contribution < 1.29 is 14.3 Å². The highest BCUT2D eigenvalue weighted by Crippen LogP contribution is 2.30. The molecule has 0 unspecified atom stereocenters. The molecule has 0 spiro atoms. The molecule has 150 valence electrons. The summed E-state index contributed by atoms with van der Waals surface area (Å²) >= 11 is 6.04. The minimum Gasteiger partial charge on any atom is -0.444 e. The molecule has 0 saturated carbocycles. The molecule has 2 heterocycles. The topological polar surface area (TPSA) is 51.7 Å². The van der Waals surface area contributed by atoms with Gasteiger partial charge in [0.25, 0.3) is 0 Å². The largest absolute Gasteiger partial charge is 0.444 e. The molecule has 6 heteroatoms. The van der Waals surface area contributed by atoms with Gasteiger partial charge >= 0.3 is 6.09 Å². The van der Waals surface area contributed by atoms with Crippen molar-refractivity contribution in [3.63, 3.8) is 0 Å². The van der Waals surface area contributed by atoms with Gasteiger partial charge in [-0.1, -0.05) is 29.8 Å². The number of ether oxygens (including phenoxy) is 2. The molecule has 2 aromatic rings. The SMILES string of the molecule is CC(C)(C)OC(=O)N1CCC(O[C@H](c2ccc(Cl)cc2)c2ccccn2)CC1. The number of halogens is 1. The number of pyridine rings is 1. The van der Waals surface area contributed by atoms with Crippen LogP contribution in [0.25, 0.3) is 0 Å². The maximum absolute atomic E-state index is 12.3. The van der Waals surface area contributed by atoms with Crippen molar-refractivity contribution in [1.29, 1.82) is 0 Å². The van der Waals surface area contributed by atoms with Gasteiger partial charge in [-0.3, -0.25) is 4.98 Å². The molecule has 1 atom stereocenters. The van der Waals surface area contributed by atoms with E-state index in [1.54, 1.807) is 11.1 Å². The Morgan fingerprint density at radius 1 is 1.14 bits per heavy atom. The molecular weight excluding hydrogens is 376 g/mol. The van der Waals surface area contributed by atoms with Gasteiger partial charge in [0.15, 0.2) is 0 Å². The summed E-state index contributed by atoms with van der Waals surface area (Å²) < 4.78 is 11.9. The first-order valence-corrected chi connectivity index (χ1v) is 9.99. The van der Waals surface area contributed by atoms with Crippen LogP contribution >= 0.6 is 11.6 Å². The first kappa shape index (κ1) is 20.6. The Morgan fingerprint density at radius 3 is 2.39 bits per heavy atom. The van der Waals surface area contributed by atoms with Crippen LogP contribution in [0.5, 0.6) is 0 Å². The fraction of sp³-hybridized carbons (Fsp3) is 0.455. The molecule has 1 fully saturated rings. The summed E-state index contributed by atoms with van der Waals surface area (Å²) in [5.41, 5.74) is 1.39. The Hall–Kier alpha value is -2.11. The highest BCUT2D eigenvalue weighted by atomic mass is 35.5.